The number of hydrogen-bond donors (Lipinski definition) is 1. The lowest BCUT2D eigenvalue weighted by Crippen LogP contribution is -2.44. The van der Waals surface area contributed by atoms with E-state index in [2.05, 4.69) is 14.8 Å². The van der Waals surface area contributed by atoms with Crippen LogP contribution in [-0.4, -0.2) is 29.1 Å². The molecule has 0 aromatic carbocycles. The van der Waals surface area contributed by atoms with Crippen LogP contribution in [0.2, 0.25) is 0 Å². The summed E-state index contributed by atoms with van der Waals surface area (Å²) in [4.78, 5) is 32.1. The summed E-state index contributed by atoms with van der Waals surface area (Å²) in [7, 11) is 0. The predicted molar refractivity (Wildman–Crippen MR) is 45.0 cm³/mol. The van der Waals surface area contributed by atoms with Gasteiger partial charge in [-0.25, -0.2) is 9.59 Å². The Morgan fingerprint density at radius 1 is 1.29 bits per heavy atom. The van der Waals surface area contributed by atoms with Crippen molar-refractivity contribution in [3.8, 4) is 0 Å². The van der Waals surface area contributed by atoms with E-state index in [4.69, 9.17) is 23.2 Å². The van der Waals surface area contributed by atoms with E-state index in [0.717, 1.165) is 0 Å². The van der Waals surface area contributed by atoms with Crippen LogP contribution < -0.4 is 5.32 Å². The summed E-state index contributed by atoms with van der Waals surface area (Å²) in [6.07, 6.45) is -0.0250. The number of amides is 1. The molecule has 1 aliphatic heterocycles. The highest BCUT2D eigenvalue weighted by atomic mass is 35.5. The average molecular weight is 242 g/mol. The van der Waals surface area contributed by atoms with Crippen molar-refractivity contribution in [3.05, 3.63) is 0 Å². The van der Waals surface area contributed by atoms with Crippen molar-refractivity contribution in [2.75, 3.05) is 6.54 Å². The Balaban J connectivity index is 2.83. The van der Waals surface area contributed by atoms with E-state index < -0.39 is 22.6 Å². The third kappa shape index (κ3) is 2.27. The highest BCUT2D eigenvalue weighted by Gasteiger charge is 2.50. The zero-order valence-electron chi connectivity index (χ0n) is 6.71. The van der Waals surface area contributed by atoms with Crippen molar-refractivity contribution in [2.45, 2.75) is 12.2 Å². The van der Waals surface area contributed by atoms with Crippen LogP contribution in [0.4, 0.5) is 9.59 Å². The topological polar surface area (TPSA) is 81.7 Å². The molecule has 0 aliphatic carbocycles. The third-order valence-corrected chi connectivity index (χ3v) is 1.73. The van der Waals surface area contributed by atoms with Crippen molar-refractivity contribution < 1.29 is 23.9 Å². The third-order valence-electron chi connectivity index (χ3n) is 1.58. The number of carbonyl (C=O) groups is 3. The maximum absolute atomic E-state index is 11.2. The summed E-state index contributed by atoms with van der Waals surface area (Å²) < 4.78 is 8.82. The van der Waals surface area contributed by atoms with Crippen molar-refractivity contribution in [1.29, 1.82) is 0 Å². The molecule has 1 N–H and O–H groups in total. The zero-order valence-corrected chi connectivity index (χ0v) is 8.22. The van der Waals surface area contributed by atoms with Gasteiger partial charge in [-0.3, -0.25) is 4.79 Å². The molecule has 1 amide bonds. The molecule has 0 aromatic rings. The summed E-state index contributed by atoms with van der Waals surface area (Å²) in [5, 5.41) is 2.31. The number of rotatable bonds is 2. The number of carbonyl (C=O) groups excluding carboxylic acids is 3. The Kier molecular flexibility index (Phi) is 3.17. The average Bonchev–Trinajstić information content (AvgIpc) is 2.29. The van der Waals surface area contributed by atoms with Gasteiger partial charge in [0.05, 0.1) is 6.42 Å². The fourth-order valence-electron chi connectivity index (χ4n) is 1.06. The van der Waals surface area contributed by atoms with E-state index >= 15 is 0 Å². The second-order valence-electron chi connectivity index (χ2n) is 2.44. The first-order valence-electron chi connectivity index (χ1n) is 3.51. The van der Waals surface area contributed by atoms with E-state index in [-0.39, 0.29) is 13.0 Å². The molecule has 78 valence electrons. The van der Waals surface area contributed by atoms with Gasteiger partial charge < -0.3 is 14.8 Å². The number of halogens is 2. The first-order valence-corrected chi connectivity index (χ1v) is 4.27. The van der Waals surface area contributed by atoms with E-state index in [0.29, 0.717) is 0 Å². The fraction of sp³-hybridized carbons (Fsp3) is 0.500. The Labute approximate surface area is 88.4 Å². The second-order valence-corrected chi connectivity index (χ2v) is 3.06. The highest BCUT2D eigenvalue weighted by molar-refractivity contribution is 6.62. The van der Waals surface area contributed by atoms with E-state index in [1.54, 1.807) is 0 Å². The second kappa shape index (κ2) is 4.02. The van der Waals surface area contributed by atoms with Gasteiger partial charge in [-0.15, -0.1) is 0 Å². The lowest BCUT2D eigenvalue weighted by molar-refractivity contribution is -0.171. The molecule has 0 saturated carbocycles. The minimum absolute atomic E-state index is 0.0250. The minimum Gasteiger partial charge on any atom is -0.401 e. The summed E-state index contributed by atoms with van der Waals surface area (Å²) in [6, 6.07) is 0. The van der Waals surface area contributed by atoms with Crippen LogP contribution in [0.3, 0.4) is 0 Å². The molecule has 0 radical (unpaired) electrons. The Morgan fingerprint density at radius 3 is 2.07 bits per heavy atom. The largest absolute Gasteiger partial charge is 0.407 e. The molecule has 1 fully saturated rings. The molecule has 0 atom stereocenters. The molecule has 0 aromatic heterocycles. The predicted octanol–water partition coefficient (Wildman–Crippen LogP) is 0.953. The van der Waals surface area contributed by atoms with Crippen LogP contribution >= 0.6 is 23.2 Å². The zero-order chi connectivity index (χ0) is 10.8. The molecule has 0 bridgehead atoms. The molecule has 0 unspecified atom stereocenters. The Hall–Kier alpha value is -1.01. The standard InChI is InChI=1S/C6H5Cl2NO5/c7-4(11)13-6(14-5(8)12)1-2-9-3(6)10/h1-2H2,(H,9,10). The minimum atomic E-state index is -2.02. The molecule has 6 nitrogen and oxygen atoms in total. The lowest BCUT2D eigenvalue weighted by Gasteiger charge is -2.22. The van der Waals surface area contributed by atoms with Crippen LogP contribution in [0.25, 0.3) is 0 Å². The van der Waals surface area contributed by atoms with Crippen LogP contribution in [0.5, 0.6) is 0 Å². The number of ether oxygens (including phenoxy) is 2. The lowest BCUT2D eigenvalue weighted by atomic mass is 10.2. The highest BCUT2D eigenvalue weighted by Crippen LogP contribution is 2.25. The van der Waals surface area contributed by atoms with E-state index in [9.17, 15) is 14.4 Å². The van der Waals surface area contributed by atoms with Crippen LogP contribution in [0.15, 0.2) is 0 Å². The summed E-state index contributed by atoms with van der Waals surface area (Å²) in [5.74, 6) is -2.78. The van der Waals surface area contributed by atoms with Crippen LogP contribution in [0.1, 0.15) is 6.42 Å². The Bertz CT molecular complexity index is 276. The van der Waals surface area contributed by atoms with E-state index in [1.807, 2.05) is 0 Å². The van der Waals surface area contributed by atoms with Crippen LogP contribution in [-0.2, 0) is 14.3 Å². The Morgan fingerprint density at radius 2 is 1.79 bits per heavy atom. The first kappa shape index (κ1) is 11.1. The molecule has 1 aliphatic rings. The molecule has 8 heteroatoms. The summed E-state index contributed by atoms with van der Waals surface area (Å²) in [6.45, 7) is 0.202. The SMILES string of the molecule is O=C(Cl)OC1(OC(=O)Cl)CCNC1=O. The molecule has 0 spiro atoms. The van der Waals surface area contributed by atoms with Gasteiger partial charge in [0.1, 0.15) is 0 Å². The van der Waals surface area contributed by atoms with Gasteiger partial charge in [-0.2, -0.15) is 0 Å². The summed E-state index contributed by atoms with van der Waals surface area (Å²) >= 11 is 9.84. The molecule has 14 heavy (non-hydrogen) atoms. The van der Waals surface area contributed by atoms with Gasteiger partial charge in [-0.1, -0.05) is 0 Å². The first-order chi connectivity index (χ1) is 6.46. The maximum atomic E-state index is 11.2. The van der Waals surface area contributed by atoms with Crippen molar-refractivity contribution >= 4 is 40.0 Å². The monoisotopic (exact) mass is 241 g/mol. The smallest absolute Gasteiger partial charge is 0.401 e. The van der Waals surface area contributed by atoms with Gasteiger partial charge in [0.2, 0.25) is 0 Å². The molecular formula is C6H5Cl2NO5. The molecular weight excluding hydrogens is 237 g/mol. The van der Waals surface area contributed by atoms with Gasteiger partial charge in [0, 0.05) is 29.7 Å². The maximum Gasteiger partial charge on any atom is 0.407 e. The van der Waals surface area contributed by atoms with Gasteiger partial charge in [-0.05, 0) is 0 Å². The number of hydrogen-bond acceptors (Lipinski definition) is 5. The fourth-order valence-corrected chi connectivity index (χ4v) is 1.31. The van der Waals surface area contributed by atoms with Gasteiger partial charge >= 0.3 is 22.6 Å². The summed E-state index contributed by atoms with van der Waals surface area (Å²) in [5.41, 5.74) is -2.50. The van der Waals surface area contributed by atoms with Crippen LogP contribution in [0, 0.1) is 0 Å². The van der Waals surface area contributed by atoms with Gasteiger partial charge in [0.15, 0.2) is 0 Å². The van der Waals surface area contributed by atoms with E-state index in [1.165, 1.54) is 0 Å². The van der Waals surface area contributed by atoms with Gasteiger partial charge in [0.25, 0.3) is 0 Å². The molecule has 1 rings (SSSR count). The normalized spacial score (nSPS) is 18.6. The van der Waals surface area contributed by atoms with Crippen molar-refractivity contribution in [2.24, 2.45) is 0 Å². The van der Waals surface area contributed by atoms with Crippen molar-refractivity contribution in [3.63, 3.8) is 0 Å². The molecule has 1 heterocycles. The molecule has 1 saturated heterocycles. The quantitative estimate of drug-likeness (QED) is 0.575. The number of nitrogens with one attached hydrogen (secondary N) is 1. The van der Waals surface area contributed by atoms with Crippen molar-refractivity contribution in [1.82, 2.24) is 5.32 Å².